The second-order valence-corrected chi connectivity index (χ2v) is 34.7. The predicted molar refractivity (Wildman–Crippen MR) is 537 cm³/mol. The molecule has 2 aliphatic rings. The van der Waals surface area contributed by atoms with Crippen LogP contribution in [0.15, 0.2) is 409 Å². The van der Waals surface area contributed by atoms with E-state index >= 15 is 0 Å². The summed E-state index contributed by atoms with van der Waals surface area (Å²) in [6.07, 6.45) is 2.09. The summed E-state index contributed by atoms with van der Waals surface area (Å²) in [6.45, 7) is 6.43. The van der Waals surface area contributed by atoms with Crippen LogP contribution >= 0.6 is 0 Å². The molecule has 0 radical (unpaired) electrons. The van der Waals surface area contributed by atoms with E-state index in [-0.39, 0.29) is 0 Å². The Balaban J connectivity index is 0.0000000930. The molecule has 0 bridgehead atoms. The molecule has 2 aliphatic carbocycles. The van der Waals surface area contributed by atoms with E-state index in [1.165, 1.54) is 209 Å². The van der Waals surface area contributed by atoms with Crippen molar-refractivity contribution in [3.63, 3.8) is 0 Å². The minimum absolute atomic E-state index is 0.911. The number of para-hydroxylation sites is 9. The van der Waals surface area contributed by atoms with Gasteiger partial charge in [0.25, 0.3) is 0 Å². The van der Waals surface area contributed by atoms with Crippen molar-refractivity contribution in [1.82, 2.24) is 27.4 Å². The molecule has 0 aliphatic heterocycles. The van der Waals surface area contributed by atoms with Gasteiger partial charge in [-0.1, -0.05) is 266 Å². The summed E-state index contributed by atoms with van der Waals surface area (Å²) in [6, 6.07) is 145. The molecule has 8 heteroatoms. The van der Waals surface area contributed by atoms with Crippen LogP contribution in [0.5, 0.6) is 0 Å². The average Bonchev–Trinajstić information content (AvgIpc) is 1.15. The Kier molecular flexibility index (Phi) is 16.3. The Labute approximate surface area is 736 Å². The normalized spacial score (nSPS) is 12.3. The quantitative estimate of drug-likeness (QED) is 0.172. The van der Waals surface area contributed by atoms with E-state index in [4.69, 9.17) is 8.83 Å². The van der Waals surface area contributed by atoms with Crippen LogP contribution in [0.4, 0.5) is 0 Å². The lowest BCUT2D eigenvalue weighted by molar-refractivity contribution is 0.666. The highest BCUT2D eigenvalue weighted by Gasteiger charge is 2.29. The van der Waals surface area contributed by atoms with Crippen molar-refractivity contribution in [1.29, 1.82) is 0 Å². The van der Waals surface area contributed by atoms with E-state index in [9.17, 15) is 0 Å². The summed E-state index contributed by atoms with van der Waals surface area (Å²) in [7, 11) is 2.16. The summed E-state index contributed by atoms with van der Waals surface area (Å²) in [4.78, 5) is 0. The number of furan rings is 2. The first-order chi connectivity index (χ1) is 63.2. The number of aryl methyl sites for hydroxylation is 4. The molecule has 8 nitrogen and oxygen atoms in total. The fraction of sp³-hybridized carbons (Fsp3) is 0.0500. The van der Waals surface area contributed by atoms with Crippen LogP contribution in [0.25, 0.3) is 225 Å². The Morgan fingerprint density at radius 1 is 0.203 bits per heavy atom. The number of hydrogen-bond acceptors (Lipinski definition) is 2. The summed E-state index contributed by atoms with van der Waals surface area (Å²) >= 11 is 0. The van der Waals surface area contributed by atoms with Crippen LogP contribution in [0.3, 0.4) is 0 Å². The number of fused-ring (bicyclic) bond motifs is 34. The number of aromatic nitrogens is 6. The maximum Gasteiger partial charge on any atom is 0.159 e. The third-order valence-corrected chi connectivity index (χ3v) is 27.5. The highest BCUT2D eigenvalue weighted by molar-refractivity contribution is 6.31. The summed E-state index contributed by atoms with van der Waals surface area (Å²) < 4.78 is 27.0. The number of rotatable bonds is 5. The Morgan fingerprint density at radius 3 is 1.05 bits per heavy atom. The fourth-order valence-electron chi connectivity index (χ4n) is 21.9. The van der Waals surface area contributed by atoms with Gasteiger partial charge in [-0.15, -0.1) is 0 Å². The van der Waals surface area contributed by atoms with Gasteiger partial charge in [-0.05, 0) is 229 Å². The first-order valence-electron chi connectivity index (χ1n) is 44.3. The highest BCUT2D eigenvalue weighted by atomic mass is 16.3. The number of benzene rings is 19. The van der Waals surface area contributed by atoms with Crippen LogP contribution < -0.4 is 0 Å². The van der Waals surface area contributed by atoms with Gasteiger partial charge in [-0.2, -0.15) is 0 Å². The molecular formula is C120H82N6O2. The minimum atomic E-state index is 0.911. The second-order valence-electron chi connectivity index (χ2n) is 34.7. The van der Waals surface area contributed by atoms with Gasteiger partial charge in [0.2, 0.25) is 0 Å². The van der Waals surface area contributed by atoms with Crippen molar-refractivity contribution in [2.45, 2.75) is 33.6 Å². The molecule has 19 aromatic carbocycles. The predicted octanol–water partition coefficient (Wildman–Crippen LogP) is 31.7. The minimum Gasteiger partial charge on any atom is -0.456 e. The number of nitrogens with zero attached hydrogens (tertiary/aromatic N) is 6. The topological polar surface area (TPSA) is 55.9 Å². The van der Waals surface area contributed by atoms with E-state index in [1.54, 1.807) is 0 Å². The molecule has 0 N–H and O–H groups in total. The summed E-state index contributed by atoms with van der Waals surface area (Å²) in [5, 5.41) is 20.2. The molecule has 128 heavy (non-hydrogen) atoms. The third-order valence-electron chi connectivity index (χ3n) is 27.5. The lowest BCUT2D eigenvalue weighted by atomic mass is 9.99. The SMILES string of the molecule is Cc1ccc(-n2c3ccccc3c3c4c5ccccc5n(-c5ccc6oc7ccccc7c6c5)c4ccc32)cc1.Cc1ccc(-n2c3ccccc3c3c4c5ccccc5n(-c5cccc6c5oc5ccccc56)c4ccc32)cc1.Cc1cccc(-n2c3ccccc3c3c4c(ccc32)Cc2ccccc2-4)c1.Cn1c2ccccc2c2c3c(ccc21)Cc1ccccc1-3. The summed E-state index contributed by atoms with van der Waals surface area (Å²) in [5.74, 6) is 0. The second kappa shape index (κ2) is 28.6. The van der Waals surface area contributed by atoms with Crippen LogP contribution in [0, 0.1) is 20.8 Å². The standard InChI is InChI=1S/2C37H24N2O.C26H19N.C20H15N/c1-23-17-19-24(20-18-23)38-29-13-5-2-10-27(29)35-31(38)21-22-32-36(35)28-11-3-6-14-30(28)39(32)33-15-8-12-26-25-9-4-7-16-34(25)40-37(26)33;1-23-14-16-24(17-15-23)38-30-11-5-2-9-27(30)36-32(38)19-20-33-37(36)28-10-3-6-12-31(28)39(33)25-18-21-35-29(22-25)26-8-4-7-13-34(26)40-35;1-17-7-6-9-20(15-17)27-23-12-5-4-11-22(23)26-24(27)14-13-19-16-18-8-2-3-10-21(18)25(19)26;1-21-17-9-5-4-8-16(17)20-18(21)11-10-14-12-13-6-2-3-7-15(13)19(14)20/h2*2-22H,1H3;2-15H,16H2,1H3;2-11H,12H2,1H3. The fourth-order valence-corrected chi connectivity index (χ4v) is 21.9. The van der Waals surface area contributed by atoms with Gasteiger partial charge in [-0.3, -0.25) is 0 Å². The molecule has 29 rings (SSSR count). The maximum atomic E-state index is 6.51. The maximum absolute atomic E-state index is 6.51. The highest BCUT2D eigenvalue weighted by Crippen LogP contribution is 2.51. The molecule has 0 spiro atoms. The van der Waals surface area contributed by atoms with E-state index in [0.29, 0.717) is 0 Å². The van der Waals surface area contributed by atoms with E-state index in [0.717, 1.165) is 68.1 Å². The van der Waals surface area contributed by atoms with Crippen molar-refractivity contribution in [2.75, 3.05) is 0 Å². The van der Waals surface area contributed by atoms with Gasteiger partial charge >= 0.3 is 0 Å². The zero-order valence-corrected chi connectivity index (χ0v) is 71.0. The van der Waals surface area contributed by atoms with Crippen LogP contribution in [0.2, 0.25) is 0 Å². The molecule has 0 unspecified atom stereocenters. The number of hydrogen-bond donors (Lipinski definition) is 0. The Bertz CT molecular complexity index is 9320. The van der Waals surface area contributed by atoms with E-state index < -0.39 is 0 Å². The van der Waals surface area contributed by atoms with Crippen molar-refractivity contribution < 1.29 is 8.83 Å². The van der Waals surface area contributed by atoms with Crippen molar-refractivity contribution in [2.24, 2.45) is 7.05 Å². The van der Waals surface area contributed by atoms with Gasteiger partial charge in [-0.25, -0.2) is 0 Å². The van der Waals surface area contributed by atoms with Gasteiger partial charge in [0.1, 0.15) is 16.7 Å². The third kappa shape index (κ3) is 11.0. The monoisotopic (exact) mass is 1640 g/mol. The smallest absolute Gasteiger partial charge is 0.159 e. The van der Waals surface area contributed by atoms with Crippen molar-refractivity contribution >= 4 is 175 Å². The van der Waals surface area contributed by atoms with E-state index in [2.05, 4.69) is 437 Å². The van der Waals surface area contributed by atoms with Gasteiger partial charge < -0.3 is 36.2 Å². The molecule has 8 aromatic heterocycles. The van der Waals surface area contributed by atoms with Crippen LogP contribution in [0.1, 0.15) is 38.9 Å². The molecule has 27 aromatic rings. The van der Waals surface area contributed by atoms with Gasteiger partial charge in [0, 0.05) is 127 Å². The van der Waals surface area contributed by atoms with Crippen molar-refractivity contribution in [3.8, 4) is 50.7 Å². The molecule has 0 atom stereocenters. The van der Waals surface area contributed by atoms with Gasteiger partial charge in [0.05, 0.1) is 60.9 Å². The van der Waals surface area contributed by atoms with E-state index in [1.807, 2.05) is 18.2 Å². The zero-order valence-electron chi connectivity index (χ0n) is 71.0. The van der Waals surface area contributed by atoms with Crippen molar-refractivity contribution in [3.05, 3.63) is 439 Å². The molecule has 0 saturated heterocycles. The zero-order chi connectivity index (χ0) is 84.7. The molecular weight excluding hydrogens is 1560 g/mol. The molecule has 0 fully saturated rings. The van der Waals surface area contributed by atoms with Gasteiger partial charge in [0.15, 0.2) is 5.58 Å². The Morgan fingerprint density at radius 2 is 0.547 bits per heavy atom. The lowest BCUT2D eigenvalue weighted by Crippen LogP contribution is -1.95. The van der Waals surface area contributed by atoms with Crippen LogP contribution in [-0.4, -0.2) is 27.4 Å². The summed E-state index contributed by atoms with van der Waals surface area (Å²) in [5.41, 5.74) is 39.5. The molecule has 604 valence electrons. The van der Waals surface area contributed by atoms with Crippen LogP contribution in [-0.2, 0) is 19.9 Å². The first kappa shape index (κ1) is 73.1. The molecule has 0 amide bonds. The largest absolute Gasteiger partial charge is 0.456 e. The Hall–Kier alpha value is -16.4. The average molecular weight is 1640 g/mol. The molecule has 0 saturated carbocycles. The lowest BCUT2D eigenvalue weighted by Gasteiger charge is -2.10. The molecule has 8 heterocycles. The first-order valence-corrected chi connectivity index (χ1v) is 44.3.